The molecular weight excluding hydrogens is 553 g/mol. The highest BCUT2D eigenvalue weighted by atomic mass is 28.4. The Hall–Kier alpha value is 0.394. The van der Waals surface area contributed by atoms with Crippen LogP contribution in [0.25, 0.3) is 0 Å². The Morgan fingerprint density at radius 2 is 0.558 bits per heavy atom. The molecule has 0 amide bonds. The van der Waals surface area contributed by atoms with Gasteiger partial charge in [0.15, 0.2) is 18.1 Å². The lowest BCUT2D eigenvalue weighted by atomic mass is 10.0. The van der Waals surface area contributed by atoms with Crippen molar-refractivity contribution in [3.63, 3.8) is 0 Å². The van der Waals surface area contributed by atoms with Crippen LogP contribution < -0.4 is 0 Å². The lowest BCUT2D eigenvalue weighted by Gasteiger charge is -2.41. The first-order valence-corrected chi connectivity index (χ1v) is 24.1. The van der Waals surface area contributed by atoms with Gasteiger partial charge in [-0.2, -0.15) is 0 Å². The maximum absolute atomic E-state index is 7.73. The quantitative estimate of drug-likeness (QED) is 0.0503. The summed E-state index contributed by atoms with van der Waals surface area (Å²) in [5, 5.41) is 0.878. The predicted molar refractivity (Wildman–Crippen MR) is 205 cm³/mol. The normalized spacial score (nSPS) is 14.0. The van der Waals surface area contributed by atoms with Crippen LogP contribution in [0.1, 0.15) is 235 Å². The van der Waals surface area contributed by atoms with Crippen LogP contribution in [0.3, 0.4) is 0 Å². The minimum Gasteiger partial charge on any atom is -0.459 e. The summed E-state index contributed by atoms with van der Waals surface area (Å²) in [5.41, 5.74) is 0. The van der Waals surface area contributed by atoms with Crippen molar-refractivity contribution in [2.24, 2.45) is 0 Å². The van der Waals surface area contributed by atoms with Crippen molar-refractivity contribution in [2.45, 2.75) is 257 Å². The maximum Gasteiger partial charge on any atom is 0.168 e. The van der Waals surface area contributed by atoms with Crippen molar-refractivity contribution < 1.29 is 4.12 Å². The first-order chi connectivity index (χ1) is 20.7. The van der Waals surface area contributed by atoms with Crippen molar-refractivity contribution in [1.29, 1.82) is 0 Å². The number of hydrogen-bond acceptors (Lipinski definition) is 1. The van der Waals surface area contributed by atoms with E-state index < -0.39 is 18.1 Å². The SMILES string of the molecule is CCCCCCCCCC(C)(C)[SiH](CCCCCCCC)O[SiH](CCCCCCCC)C(C)(C)CCCCCCCCC. The highest BCUT2D eigenvalue weighted by molar-refractivity contribution is 6.69. The summed E-state index contributed by atoms with van der Waals surface area (Å²) in [6.07, 6.45) is 39.8. The van der Waals surface area contributed by atoms with Crippen molar-refractivity contribution in [2.75, 3.05) is 0 Å². The second-order valence-electron chi connectivity index (χ2n) is 15.9. The fourth-order valence-corrected chi connectivity index (χ4v) is 16.7. The van der Waals surface area contributed by atoms with Gasteiger partial charge in [0.25, 0.3) is 0 Å². The van der Waals surface area contributed by atoms with Gasteiger partial charge in [0.1, 0.15) is 0 Å². The number of rotatable bonds is 34. The molecular formula is C40H86OSi2. The zero-order valence-corrected chi connectivity index (χ0v) is 34.1. The molecule has 43 heavy (non-hydrogen) atoms. The van der Waals surface area contributed by atoms with E-state index in [1.165, 1.54) is 192 Å². The molecule has 1 nitrogen and oxygen atoms in total. The number of hydrogen-bond donors (Lipinski definition) is 0. The third-order valence-corrected chi connectivity index (χ3v) is 19.1. The Bertz CT molecular complexity index is 513. The van der Waals surface area contributed by atoms with Gasteiger partial charge in [-0.15, -0.1) is 0 Å². The molecule has 0 saturated heterocycles. The molecule has 2 unspecified atom stereocenters. The summed E-state index contributed by atoms with van der Waals surface area (Å²) in [5.74, 6) is 0. The van der Waals surface area contributed by atoms with E-state index in [1.807, 2.05) is 0 Å². The molecule has 0 N–H and O–H groups in total. The second kappa shape index (κ2) is 29.8. The van der Waals surface area contributed by atoms with Crippen LogP contribution in [0.2, 0.25) is 22.2 Å². The number of unbranched alkanes of at least 4 members (excludes halogenated alkanes) is 22. The van der Waals surface area contributed by atoms with Crippen molar-refractivity contribution in [3.05, 3.63) is 0 Å². The molecule has 260 valence electrons. The Morgan fingerprint density at radius 1 is 0.326 bits per heavy atom. The largest absolute Gasteiger partial charge is 0.459 e. The average molecular weight is 639 g/mol. The van der Waals surface area contributed by atoms with Gasteiger partial charge in [-0.05, 0) is 35.0 Å². The van der Waals surface area contributed by atoms with Crippen LogP contribution in [-0.4, -0.2) is 18.1 Å². The van der Waals surface area contributed by atoms with E-state index in [0.29, 0.717) is 10.1 Å². The second-order valence-corrected chi connectivity index (χ2v) is 23.3. The van der Waals surface area contributed by atoms with E-state index in [9.17, 15) is 0 Å². The fraction of sp³-hybridized carbons (Fsp3) is 1.00. The Kier molecular flexibility index (Phi) is 30.0. The monoisotopic (exact) mass is 639 g/mol. The van der Waals surface area contributed by atoms with E-state index in [4.69, 9.17) is 4.12 Å². The van der Waals surface area contributed by atoms with Crippen LogP contribution in [-0.2, 0) is 4.12 Å². The summed E-state index contributed by atoms with van der Waals surface area (Å²) in [6.45, 7) is 19.9. The molecule has 0 fully saturated rings. The zero-order valence-electron chi connectivity index (χ0n) is 31.8. The van der Waals surface area contributed by atoms with Gasteiger partial charge in [-0.25, -0.2) is 0 Å². The summed E-state index contributed by atoms with van der Waals surface area (Å²) < 4.78 is 7.73. The van der Waals surface area contributed by atoms with Crippen molar-refractivity contribution in [3.8, 4) is 0 Å². The molecule has 0 aromatic rings. The lowest BCUT2D eigenvalue weighted by molar-refractivity contribution is 0.414. The summed E-state index contributed by atoms with van der Waals surface area (Å²) in [7, 11) is -2.60. The van der Waals surface area contributed by atoms with Gasteiger partial charge in [-0.1, -0.05) is 222 Å². The smallest absolute Gasteiger partial charge is 0.168 e. The van der Waals surface area contributed by atoms with Crippen LogP contribution in [0, 0.1) is 0 Å². The highest BCUT2D eigenvalue weighted by Crippen LogP contribution is 2.44. The molecule has 2 atom stereocenters. The fourth-order valence-electron chi connectivity index (χ4n) is 7.10. The van der Waals surface area contributed by atoms with Crippen LogP contribution in [0.5, 0.6) is 0 Å². The molecule has 0 radical (unpaired) electrons. The highest BCUT2D eigenvalue weighted by Gasteiger charge is 2.38. The average Bonchev–Trinajstić information content (AvgIpc) is 2.97. The molecule has 0 spiro atoms. The Balaban J connectivity index is 5.35. The molecule has 3 heteroatoms. The molecule has 0 bridgehead atoms. The van der Waals surface area contributed by atoms with E-state index in [0.717, 1.165) is 0 Å². The van der Waals surface area contributed by atoms with Crippen LogP contribution in [0.4, 0.5) is 0 Å². The third-order valence-electron chi connectivity index (χ3n) is 10.6. The zero-order chi connectivity index (χ0) is 32.1. The summed E-state index contributed by atoms with van der Waals surface area (Å²) >= 11 is 0. The van der Waals surface area contributed by atoms with Gasteiger partial charge in [0, 0.05) is 0 Å². The van der Waals surface area contributed by atoms with E-state index in [1.54, 1.807) is 0 Å². The first kappa shape index (κ1) is 43.4. The van der Waals surface area contributed by atoms with Gasteiger partial charge in [-0.3, -0.25) is 0 Å². The Labute approximate surface area is 278 Å². The summed E-state index contributed by atoms with van der Waals surface area (Å²) in [6, 6.07) is 2.87. The molecule has 0 rings (SSSR count). The minimum atomic E-state index is -1.30. The van der Waals surface area contributed by atoms with Crippen LogP contribution in [0.15, 0.2) is 0 Å². The standard InChI is InChI=1S/C40H86OSi2/c1-9-13-17-21-25-27-31-35-39(5,6)42(37-33-29-23-19-15-11-3)41-43(38-34-30-24-20-16-12-4)40(7,8)36-32-28-26-22-18-14-10-2/h42-43H,9-38H2,1-8H3. The predicted octanol–water partition coefficient (Wildman–Crippen LogP) is 15.0. The molecule has 0 aliphatic heterocycles. The maximum atomic E-state index is 7.73. The topological polar surface area (TPSA) is 9.23 Å². The van der Waals surface area contributed by atoms with E-state index in [-0.39, 0.29) is 0 Å². The van der Waals surface area contributed by atoms with Gasteiger partial charge in [0.2, 0.25) is 0 Å². The molecule has 0 aliphatic rings. The summed E-state index contributed by atoms with van der Waals surface area (Å²) in [4.78, 5) is 0. The molecule has 0 aliphatic carbocycles. The van der Waals surface area contributed by atoms with Gasteiger partial charge in [0.05, 0.1) is 0 Å². The first-order valence-electron chi connectivity index (χ1n) is 20.4. The molecule has 0 saturated carbocycles. The third kappa shape index (κ3) is 25.2. The minimum absolute atomic E-state index is 0.439. The molecule has 0 aromatic carbocycles. The van der Waals surface area contributed by atoms with Crippen molar-refractivity contribution >= 4 is 18.1 Å². The van der Waals surface area contributed by atoms with Crippen molar-refractivity contribution in [1.82, 2.24) is 0 Å². The lowest BCUT2D eigenvalue weighted by Crippen LogP contribution is -2.42. The Morgan fingerprint density at radius 3 is 0.837 bits per heavy atom. The molecule has 0 aromatic heterocycles. The van der Waals surface area contributed by atoms with Gasteiger partial charge < -0.3 is 4.12 Å². The molecule has 0 heterocycles. The van der Waals surface area contributed by atoms with Gasteiger partial charge >= 0.3 is 0 Å². The van der Waals surface area contributed by atoms with Crippen LogP contribution >= 0.6 is 0 Å². The van der Waals surface area contributed by atoms with E-state index >= 15 is 0 Å². The van der Waals surface area contributed by atoms with E-state index in [2.05, 4.69) is 55.4 Å².